The maximum absolute atomic E-state index is 11.7. The Bertz CT molecular complexity index is 993. The van der Waals surface area contributed by atoms with Gasteiger partial charge in [0.15, 0.2) is 0 Å². The van der Waals surface area contributed by atoms with Crippen LogP contribution in [0.15, 0.2) is 60.4 Å². The molecule has 0 aromatic heterocycles. The lowest BCUT2D eigenvalue weighted by atomic mass is 9.72. The van der Waals surface area contributed by atoms with Crippen LogP contribution in [-0.4, -0.2) is 59.8 Å². The highest BCUT2D eigenvalue weighted by atomic mass is 35.5. The molecular formula is C29H37ClN2O2. The first-order chi connectivity index (χ1) is 16.6. The SMILES string of the molecule is OC1(C(CN2CCN(CC3=CCCc4ccccc4O3)CC2)c2cccc(Cl)c2)CCCCC1. The Labute approximate surface area is 209 Å². The Hall–Kier alpha value is -1.85. The normalized spacial score (nSPS) is 22.2. The van der Waals surface area contributed by atoms with E-state index in [-0.39, 0.29) is 5.92 Å². The van der Waals surface area contributed by atoms with Crippen LogP contribution in [0.4, 0.5) is 0 Å². The zero-order valence-corrected chi connectivity index (χ0v) is 20.8. The summed E-state index contributed by atoms with van der Waals surface area (Å²) in [7, 11) is 0. The summed E-state index contributed by atoms with van der Waals surface area (Å²) in [6.07, 6.45) is 9.56. The first-order valence-electron chi connectivity index (χ1n) is 13.0. The van der Waals surface area contributed by atoms with Crippen molar-refractivity contribution in [3.05, 3.63) is 76.5 Å². The minimum Gasteiger partial charge on any atom is -0.460 e. The van der Waals surface area contributed by atoms with Crippen LogP contribution in [0, 0.1) is 0 Å². The number of allylic oxidation sites excluding steroid dienone is 1. The number of piperazine rings is 1. The number of hydrogen-bond acceptors (Lipinski definition) is 4. The highest BCUT2D eigenvalue weighted by Gasteiger charge is 2.40. The van der Waals surface area contributed by atoms with Gasteiger partial charge in [0, 0.05) is 43.7 Å². The summed E-state index contributed by atoms with van der Waals surface area (Å²) in [5.41, 5.74) is 1.84. The predicted octanol–water partition coefficient (Wildman–Crippen LogP) is 5.65. The lowest BCUT2D eigenvalue weighted by Gasteiger charge is -2.43. The van der Waals surface area contributed by atoms with Crippen LogP contribution in [0.1, 0.15) is 55.6 Å². The van der Waals surface area contributed by atoms with Crippen molar-refractivity contribution in [3.8, 4) is 5.75 Å². The quantitative estimate of drug-likeness (QED) is 0.580. The summed E-state index contributed by atoms with van der Waals surface area (Å²) in [6, 6.07) is 16.5. The van der Waals surface area contributed by atoms with Gasteiger partial charge in [-0.1, -0.05) is 61.2 Å². The van der Waals surface area contributed by atoms with Gasteiger partial charge in [-0.2, -0.15) is 0 Å². The second-order valence-electron chi connectivity index (χ2n) is 10.3. The predicted molar refractivity (Wildman–Crippen MR) is 139 cm³/mol. The molecule has 0 amide bonds. The van der Waals surface area contributed by atoms with Crippen LogP contribution in [0.25, 0.3) is 0 Å². The Morgan fingerprint density at radius 1 is 0.941 bits per heavy atom. The van der Waals surface area contributed by atoms with E-state index in [0.717, 1.165) is 94.3 Å². The van der Waals surface area contributed by atoms with Crippen molar-refractivity contribution in [1.82, 2.24) is 9.80 Å². The standard InChI is InChI=1S/C29H37ClN2O2/c30-25-11-6-10-24(20-25)27(29(33)14-4-1-5-15-29)22-32-18-16-31(17-19-32)21-26-12-7-9-23-8-2-3-13-28(23)34-26/h2-3,6,8,10-13,20,27,33H,1,4-5,7,9,14-19,21-22H2. The Morgan fingerprint density at radius 2 is 1.71 bits per heavy atom. The second-order valence-corrected chi connectivity index (χ2v) is 10.7. The average molecular weight is 481 g/mol. The van der Waals surface area contributed by atoms with Crippen molar-refractivity contribution in [2.24, 2.45) is 0 Å². The number of nitrogens with zero attached hydrogens (tertiary/aromatic N) is 2. The zero-order valence-electron chi connectivity index (χ0n) is 20.1. The summed E-state index contributed by atoms with van der Waals surface area (Å²) >= 11 is 6.35. The molecule has 182 valence electrons. The molecule has 5 heteroatoms. The van der Waals surface area contributed by atoms with E-state index in [1.54, 1.807) is 0 Å². The number of halogens is 1. The van der Waals surface area contributed by atoms with Crippen molar-refractivity contribution < 1.29 is 9.84 Å². The van der Waals surface area contributed by atoms with Gasteiger partial charge in [0.05, 0.1) is 12.1 Å². The van der Waals surface area contributed by atoms with Crippen LogP contribution in [0.2, 0.25) is 5.02 Å². The van der Waals surface area contributed by atoms with Crippen LogP contribution in [0.5, 0.6) is 5.75 Å². The van der Waals surface area contributed by atoms with Crippen LogP contribution >= 0.6 is 11.6 Å². The average Bonchev–Trinajstić information content (AvgIpc) is 3.05. The number of aliphatic hydroxyl groups is 1. The number of hydrogen-bond donors (Lipinski definition) is 1. The lowest BCUT2D eigenvalue weighted by Crippen LogP contribution is -2.51. The van der Waals surface area contributed by atoms with Crippen LogP contribution < -0.4 is 4.74 Å². The molecule has 0 bridgehead atoms. The first-order valence-corrected chi connectivity index (χ1v) is 13.3. The van der Waals surface area contributed by atoms with Gasteiger partial charge in [0.2, 0.25) is 0 Å². The fraction of sp³-hybridized carbons (Fsp3) is 0.517. The van der Waals surface area contributed by atoms with E-state index in [0.29, 0.717) is 0 Å². The lowest BCUT2D eigenvalue weighted by molar-refractivity contribution is -0.0341. The highest BCUT2D eigenvalue weighted by molar-refractivity contribution is 6.30. The molecule has 2 aromatic rings. The summed E-state index contributed by atoms with van der Waals surface area (Å²) in [6.45, 7) is 5.81. The summed E-state index contributed by atoms with van der Waals surface area (Å²) in [4.78, 5) is 5.03. The molecule has 5 rings (SSSR count). The highest BCUT2D eigenvalue weighted by Crippen LogP contribution is 2.41. The van der Waals surface area contributed by atoms with Crippen LogP contribution in [-0.2, 0) is 6.42 Å². The maximum Gasteiger partial charge on any atom is 0.130 e. The summed E-state index contributed by atoms with van der Waals surface area (Å²) in [5, 5.41) is 12.4. The molecule has 2 aromatic carbocycles. The van der Waals surface area contributed by atoms with Crippen molar-refractivity contribution in [2.45, 2.75) is 56.5 Å². The van der Waals surface area contributed by atoms with E-state index in [1.165, 1.54) is 17.5 Å². The summed E-state index contributed by atoms with van der Waals surface area (Å²) < 4.78 is 6.27. The molecule has 0 spiro atoms. The van der Waals surface area contributed by atoms with E-state index < -0.39 is 5.60 Å². The van der Waals surface area contributed by atoms with E-state index in [2.05, 4.69) is 52.3 Å². The van der Waals surface area contributed by atoms with E-state index in [4.69, 9.17) is 16.3 Å². The number of benzene rings is 2. The monoisotopic (exact) mass is 480 g/mol. The number of ether oxygens (including phenoxy) is 1. The molecule has 34 heavy (non-hydrogen) atoms. The minimum atomic E-state index is -0.632. The minimum absolute atomic E-state index is 0.0995. The molecule has 2 aliphatic heterocycles. The number of rotatable bonds is 6. The van der Waals surface area contributed by atoms with Crippen molar-refractivity contribution >= 4 is 11.6 Å². The third kappa shape index (κ3) is 5.68. The molecule has 1 saturated carbocycles. The number of para-hydroxylation sites is 1. The van der Waals surface area contributed by atoms with Gasteiger partial charge in [0.25, 0.3) is 0 Å². The molecule has 1 saturated heterocycles. The molecule has 1 N–H and O–H groups in total. The fourth-order valence-corrected chi connectivity index (χ4v) is 6.11. The largest absolute Gasteiger partial charge is 0.460 e. The van der Waals surface area contributed by atoms with Crippen molar-refractivity contribution in [2.75, 3.05) is 39.3 Å². The smallest absolute Gasteiger partial charge is 0.130 e. The topological polar surface area (TPSA) is 35.9 Å². The Balaban J connectivity index is 1.21. The molecule has 1 aliphatic carbocycles. The molecule has 4 nitrogen and oxygen atoms in total. The van der Waals surface area contributed by atoms with E-state index in [1.807, 2.05) is 12.1 Å². The van der Waals surface area contributed by atoms with E-state index in [9.17, 15) is 5.11 Å². The zero-order chi connectivity index (χ0) is 23.4. The van der Waals surface area contributed by atoms with Crippen molar-refractivity contribution in [1.29, 1.82) is 0 Å². The van der Waals surface area contributed by atoms with Gasteiger partial charge in [0.1, 0.15) is 11.5 Å². The molecule has 1 unspecified atom stereocenters. The molecule has 2 heterocycles. The first kappa shape index (κ1) is 23.9. The number of aryl methyl sites for hydroxylation is 1. The van der Waals surface area contributed by atoms with Gasteiger partial charge in [-0.15, -0.1) is 0 Å². The Morgan fingerprint density at radius 3 is 2.50 bits per heavy atom. The number of fused-ring (bicyclic) bond motifs is 1. The van der Waals surface area contributed by atoms with Crippen molar-refractivity contribution in [3.63, 3.8) is 0 Å². The van der Waals surface area contributed by atoms with Gasteiger partial charge in [-0.3, -0.25) is 4.90 Å². The molecule has 1 atom stereocenters. The molecule has 0 radical (unpaired) electrons. The molecule has 3 aliphatic rings. The molecule has 2 fully saturated rings. The maximum atomic E-state index is 11.7. The van der Waals surface area contributed by atoms with Gasteiger partial charge < -0.3 is 14.7 Å². The summed E-state index contributed by atoms with van der Waals surface area (Å²) in [5.74, 6) is 2.18. The van der Waals surface area contributed by atoms with Gasteiger partial charge >= 0.3 is 0 Å². The third-order valence-corrected chi connectivity index (χ3v) is 8.14. The third-order valence-electron chi connectivity index (χ3n) is 7.90. The van der Waals surface area contributed by atoms with E-state index >= 15 is 0 Å². The molecular weight excluding hydrogens is 444 g/mol. The van der Waals surface area contributed by atoms with Crippen LogP contribution in [0.3, 0.4) is 0 Å². The van der Waals surface area contributed by atoms with Gasteiger partial charge in [-0.05, 0) is 61.1 Å². The van der Waals surface area contributed by atoms with Gasteiger partial charge in [-0.25, -0.2) is 0 Å². The second kappa shape index (κ2) is 10.8. The fourth-order valence-electron chi connectivity index (χ4n) is 5.91. The Kier molecular flexibility index (Phi) is 7.60.